The van der Waals surface area contributed by atoms with Crippen LogP contribution in [0.15, 0.2) is 30.5 Å². The minimum absolute atomic E-state index is 0.474. The van der Waals surface area contributed by atoms with Crippen molar-refractivity contribution in [3.05, 3.63) is 30.5 Å². The van der Waals surface area contributed by atoms with Crippen molar-refractivity contribution in [2.75, 3.05) is 19.0 Å². The van der Waals surface area contributed by atoms with Gasteiger partial charge in [0.25, 0.3) is 0 Å². The lowest BCUT2D eigenvalue weighted by Crippen LogP contribution is -2.32. The van der Waals surface area contributed by atoms with Crippen molar-refractivity contribution in [3.8, 4) is 5.75 Å². The van der Waals surface area contributed by atoms with Gasteiger partial charge in [0.15, 0.2) is 0 Å². The fraction of sp³-hybridized carbons (Fsp3) is 0.400. The number of methoxy groups -OCH3 is 1. The molecule has 4 heteroatoms. The van der Waals surface area contributed by atoms with E-state index in [2.05, 4.69) is 10.3 Å². The van der Waals surface area contributed by atoms with Crippen LogP contribution in [0.1, 0.15) is 20.3 Å². The molecule has 0 fully saturated rings. The maximum absolute atomic E-state index is 10.0. The highest BCUT2D eigenvalue weighted by atomic mass is 16.5. The fourth-order valence-electron chi connectivity index (χ4n) is 1.82. The number of nitrogens with zero attached hydrogens (tertiary/aromatic N) is 1. The summed E-state index contributed by atoms with van der Waals surface area (Å²) in [6.07, 6.45) is 2.45. The molecule has 4 nitrogen and oxygen atoms in total. The van der Waals surface area contributed by atoms with Gasteiger partial charge < -0.3 is 15.2 Å². The van der Waals surface area contributed by atoms with Crippen molar-refractivity contribution in [2.24, 2.45) is 0 Å². The van der Waals surface area contributed by atoms with Crippen LogP contribution >= 0.6 is 0 Å². The van der Waals surface area contributed by atoms with E-state index in [1.165, 1.54) is 0 Å². The van der Waals surface area contributed by atoms with Crippen LogP contribution < -0.4 is 10.1 Å². The van der Waals surface area contributed by atoms with E-state index >= 15 is 0 Å². The molecule has 0 aliphatic heterocycles. The van der Waals surface area contributed by atoms with Gasteiger partial charge in [0.05, 0.1) is 12.7 Å². The number of hydrogen-bond donors (Lipinski definition) is 2. The van der Waals surface area contributed by atoms with Gasteiger partial charge in [-0.1, -0.05) is 6.92 Å². The third kappa shape index (κ3) is 3.15. The predicted molar refractivity (Wildman–Crippen MR) is 77.7 cm³/mol. The molecule has 0 spiro atoms. The van der Waals surface area contributed by atoms with Crippen LogP contribution in [-0.4, -0.2) is 29.3 Å². The van der Waals surface area contributed by atoms with E-state index in [9.17, 15) is 5.11 Å². The Balaban J connectivity index is 2.29. The van der Waals surface area contributed by atoms with Crippen LogP contribution in [0.25, 0.3) is 10.8 Å². The Hall–Kier alpha value is -1.81. The number of aromatic nitrogens is 1. The van der Waals surface area contributed by atoms with E-state index in [-0.39, 0.29) is 0 Å². The van der Waals surface area contributed by atoms with Crippen LogP contribution in [0.2, 0.25) is 0 Å². The van der Waals surface area contributed by atoms with Crippen LogP contribution in [0.5, 0.6) is 5.75 Å². The summed E-state index contributed by atoms with van der Waals surface area (Å²) in [6.45, 7) is 4.25. The molecule has 2 aromatic rings. The molecule has 1 aromatic heterocycles. The summed E-state index contributed by atoms with van der Waals surface area (Å²) < 4.78 is 5.21. The Morgan fingerprint density at radius 1 is 1.37 bits per heavy atom. The lowest BCUT2D eigenvalue weighted by atomic mass is 10.0. The van der Waals surface area contributed by atoms with Crippen molar-refractivity contribution in [1.82, 2.24) is 4.98 Å². The van der Waals surface area contributed by atoms with Crippen molar-refractivity contribution in [1.29, 1.82) is 0 Å². The molecule has 2 N–H and O–H groups in total. The Morgan fingerprint density at radius 3 is 2.84 bits per heavy atom. The fourth-order valence-corrected chi connectivity index (χ4v) is 1.82. The van der Waals surface area contributed by atoms with Gasteiger partial charge >= 0.3 is 0 Å². The lowest BCUT2D eigenvalue weighted by Gasteiger charge is -2.22. The first kappa shape index (κ1) is 13.6. The van der Waals surface area contributed by atoms with Gasteiger partial charge in [-0.25, -0.2) is 4.98 Å². The molecule has 0 radical (unpaired) electrons. The number of fused-ring (bicyclic) bond motifs is 1. The molecule has 0 bridgehead atoms. The number of rotatable bonds is 5. The predicted octanol–water partition coefficient (Wildman–Crippen LogP) is 2.82. The average Bonchev–Trinajstić information content (AvgIpc) is 2.44. The third-order valence-corrected chi connectivity index (χ3v) is 3.37. The van der Waals surface area contributed by atoms with Crippen molar-refractivity contribution < 1.29 is 9.84 Å². The van der Waals surface area contributed by atoms with E-state index in [4.69, 9.17) is 4.74 Å². The molecule has 1 atom stereocenters. The van der Waals surface area contributed by atoms with Gasteiger partial charge in [-0.15, -0.1) is 0 Å². The second kappa shape index (κ2) is 5.45. The molecule has 2 rings (SSSR count). The summed E-state index contributed by atoms with van der Waals surface area (Å²) in [7, 11) is 1.65. The van der Waals surface area contributed by atoms with Gasteiger partial charge in [-0.3, -0.25) is 0 Å². The molecule has 1 heterocycles. The number of anilines is 1. The van der Waals surface area contributed by atoms with E-state index in [0.29, 0.717) is 13.0 Å². The number of benzene rings is 1. The minimum Gasteiger partial charge on any atom is -0.497 e. The summed E-state index contributed by atoms with van der Waals surface area (Å²) in [5.74, 6) is 1.61. The van der Waals surface area contributed by atoms with Gasteiger partial charge in [0.1, 0.15) is 11.6 Å². The maximum atomic E-state index is 10.0. The van der Waals surface area contributed by atoms with Crippen LogP contribution in [0, 0.1) is 0 Å². The average molecular weight is 260 g/mol. The molecule has 19 heavy (non-hydrogen) atoms. The van der Waals surface area contributed by atoms with Gasteiger partial charge in [0, 0.05) is 18.1 Å². The summed E-state index contributed by atoms with van der Waals surface area (Å²) >= 11 is 0. The zero-order valence-corrected chi connectivity index (χ0v) is 11.6. The van der Waals surface area contributed by atoms with Gasteiger partial charge in [-0.2, -0.15) is 0 Å². The number of ether oxygens (including phenoxy) is 1. The number of aliphatic hydroxyl groups is 1. The quantitative estimate of drug-likeness (QED) is 0.868. The molecule has 0 aliphatic rings. The Kier molecular flexibility index (Phi) is 3.90. The standard InChI is InChI=1S/C15H20N2O2/c1-4-15(2,18)10-17-14-13-6-5-12(19-3)9-11(13)7-8-16-14/h5-9,18H,4,10H2,1-3H3,(H,16,17). The highest BCUT2D eigenvalue weighted by Crippen LogP contribution is 2.25. The molecule has 102 valence electrons. The lowest BCUT2D eigenvalue weighted by molar-refractivity contribution is 0.0697. The normalized spacial score (nSPS) is 14.1. The highest BCUT2D eigenvalue weighted by Gasteiger charge is 2.17. The first-order valence-corrected chi connectivity index (χ1v) is 6.45. The second-order valence-corrected chi connectivity index (χ2v) is 4.95. The van der Waals surface area contributed by atoms with Crippen molar-refractivity contribution in [3.63, 3.8) is 0 Å². The van der Waals surface area contributed by atoms with E-state index < -0.39 is 5.60 Å². The highest BCUT2D eigenvalue weighted by molar-refractivity contribution is 5.92. The molecule has 0 aliphatic carbocycles. The topological polar surface area (TPSA) is 54.4 Å². The smallest absolute Gasteiger partial charge is 0.133 e. The summed E-state index contributed by atoms with van der Waals surface area (Å²) in [4.78, 5) is 4.34. The Labute approximate surface area is 113 Å². The van der Waals surface area contributed by atoms with Crippen LogP contribution in [-0.2, 0) is 0 Å². The van der Waals surface area contributed by atoms with Gasteiger partial charge in [0.2, 0.25) is 0 Å². The first-order valence-electron chi connectivity index (χ1n) is 6.45. The molecule has 0 saturated carbocycles. The first-order chi connectivity index (χ1) is 9.05. The molecule has 0 saturated heterocycles. The zero-order valence-electron chi connectivity index (χ0n) is 11.6. The minimum atomic E-state index is -0.726. The van der Waals surface area contributed by atoms with Gasteiger partial charge in [-0.05, 0) is 43.0 Å². The molecule has 1 unspecified atom stereocenters. The van der Waals surface area contributed by atoms with E-state index in [1.807, 2.05) is 38.1 Å². The third-order valence-electron chi connectivity index (χ3n) is 3.37. The molecular formula is C15H20N2O2. The molecular weight excluding hydrogens is 240 g/mol. The maximum Gasteiger partial charge on any atom is 0.133 e. The largest absolute Gasteiger partial charge is 0.497 e. The molecule has 0 amide bonds. The SMILES string of the molecule is CCC(C)(O)CNc1nccc2cc(OC)ccc12. The number of pyridine rings is 1. The van der Waals surface area contributed by atoms with Crippen LogP contribution in [0.3, 0.4) is 0 Å². The summed E-state index contributed by atoms with van der Waals surface area (Å²) in [6, 6.07) is 7.80. The van der Waals surface area contributed by atoms with E-state index in [1.54, 1.807) is 13.3 Å². The van der Waals surface area contributed by atoms with Crippen molar-refractivity contribution in [2.45, 2.75) is 25.9 Å². The second-order valence-electron chi connectivity index (χ2n) is 4.95. The molecule has 1 aromatic carbocycles. The van der Waals surface area contributed by atoms with Crippen molar-refractivity contribution >= 4 is 16.6 Å². The number of nitrogens with one attached hydrogen (secondary N) is 1. The van der Waals surface area contributed by atoms with E-state index in [0.717, 1.165) is 22.3 Å². The summed E-state index contributed by atoms with van der Waals surface area (Å²) in [5.41, 5.74) is -0.726. The summed E-state index contributed by atoms with van der Waals surface area (Å²) in [5, 5.41) is 15.3. The number of hydrogen-bond acceptors (Lipinski definition) is 4. The Bertz CT molecular complexity index is 567. The zero-order chi connectivity index (χ0) is 13.9. The van der Waals surface area contributed by atoms with Crippen LogP contribution in [0.4, 0.5) is 5.82 Å². The monoisotopic (exact) mass is 260 g/mol. The Morgan fingerprint density at radius 2 is 2.16 bits per heavy atom.